The number of halogens is 3. The fraction of sp³-hybridized carbons (Fsp3) is 0.273. The van der Waals surface area contributed by atoms with Crippen molar-refractivity contribution in [1.29, 1.82) is 0 Å². The Kier molecular flexibility index (Phi) is 10.5. The van der Waals surface area contributed by atoms with Crippen LogP contribution in [0.1, 0.15) is 22.8 Å². The van der Waals surface area contributed by atoms with E-state index in [1.165, 1.54) is 0 Å². The van der Waals surface area contributed by atoms with E-state index in [2.05, 4.69) is 0 Å². The Balaban J connectivity index is 1.18. The minimum absolute atomic E-state index is 0.324. The fourth-order valence-electron chi connectivity index (χ4n) is 5.04. The van der Waals surface area contributed by atoms with E-state index in [1.54, 1.807) is 30.3 Å². The summed E-state index contributed by atoms with van der Waals surface area (Å²) in [5.74, 6) is 1.37. The van der Waals surface area contributed by atoms with Crippen LogP contribution in [-0.4, -0.2) is 64.7 Å². The Morgan fingerprint density at radius 3 is 2.19 bits per heavy atom. The molecule has 10 heteroatoms. The SMILES string of the molecule is OC[C@H]1O[C@@H](c2ccc(Cl)c(Cc3ccc(OCCOc4ccccc4-c4ccc(Cl)cc4Cl)cc3)c2)[C@H](O)[C@@H](O)[C@@H]1O. The Labute approximate surface area is 264 Å². The first kappa shape index (κ1) is 31.6. The molecule has 43 heavy (non-hydrogen) atoms. The summed E-state index contributed by atoms with van der Waals surface area (Å²) in [6.45, 7) is 0.160. The van der Waals surface area contributed by atoms with Gasteiger partial charge in [0.2, 0.25) is 0 Å². The van der Waals surface area contributed by atoms with Gasteiger partial charge in [0.15, 0.2) is 0 Å². The maximum Gasteiger partial charge on any atom is 0.127 e. The summed E-state index contributed by atoms with van der Waals surface area (Å²) in [6, 6.07) is 25.8. The summed E-state index contributed by atoms with van der Waals surface area (Å²) >= 11 is 18.9. The largest absolute Gasteiger partial charge is 0.490 e. The van der Waals surface area contributed by atoms with Crippen LogP contribution in [-0.2, 0) is 11.2 Å². The number of aliphatic hydroxyl groups excluding tert-OH is 4. The fourth-order valence-corrected chi connectivity index (χ4v) is 5.74. The van der Waals surface area contributed by atoms with Crippen molar-refractivity contribution in [3.05, 3.63) is 117 Å². The van der Waals surface area contributed by atoms with E-state index in [9.17, 15) is 20.4 Å². The van der Waals surface area contributed by atoms with Gasteiger partial charge < -0.3 is 34.6 Å². The summed E-state index contributed by atoms with van der Waals surface area (Å²) in [5.41, 5.74) is 4.04. The first-order valence-corrected chi connectivity index (χ1v) is 14.9. The third-order valence-electron chi connectivity index (χ3n) is 7.33. The van der Waals surface area contributed by atoms with Crippen LogP contribution >= 0.6 is 34.8 Å². The zero-order valence-electron chi connectivity index (χ0n) is 22.9. The van der Waals surface area contributed by atoms with E-state index < -0.39 is 37.1 Å². The van der Waals surface area contributed by atoms with Gasteiger partial charge in [-0.15, -0.1) is 0 Å². The average Bonchev–Trinajstić information content (AvgIpc) is 3.01. The quantitative estimate of drug-likeness (QED) is 0.160. The van der Waals surface area contributed by atoms with E-state index in [1.807, 2.05) is 54.6 Å². The summed E-state index contributed by atoms with van der Waals surface area (Å²) in [6.07, 6.45) is -5.66. The molecule has 226 valence electrons. The molecule has 4 aromatic rings. The number of hydrogen-bond donors (Lipinski definition) is 4. The molecule has 4 aromatic carbocycles. The Morgan fingerprint density at radius 1 is 0.698 bits per heavy atom. The Hall–Kier alpha value is -2.85. The van der Waals surface area contributed by atoms with Crippen molar-refractivity contribution < 1.29 is 34.6 Å². The van der Waals surface area contributed by atoms with Gasteiger partial charge in [-0.2, -0.15) is 0 Å². The summed E-state index contributed by atoms with van der Waals surface area (Å²) in [7, 11) is 0. The lowest BCUT2D eigenvalue weighted by Gasteiger charge is -2.40. The van der Waals surface area contributed by atoms with E-state index in [0.29, 0.717) is 51.8 Å². The molecule has 4 N–H and O–H groups in total. The number of para-hydroxylation sites is 1. The smallest absolute Gasteiger partial charge is 0.127 e. The van der Waals surface area contributed by atoms with E-state index >= 15 is 0 Å². The summed E-state index contributed by atoms with van der Waals surface area (Å²) in [5, 5.41) is 41.9. The molecular formula is C33H31Cl3O7. The zero-order valence-corrected chi connectivity index (χ0v) is 25.2. The highest BCUT2D eigenvalue weighted by Crippen LogP contribution is 2.37. The van der Waals surface area contributed by atoms with Crippen LogP contribution in [0.5, 0.6) is 11.5 Å². The van der Waals surface area contributed by atoms with Gasteiger partial charge in [0, 0.05) is 21.2 Å². The Morgan fingerprint density at radius 2 is 1.44 bits per heavy atom. The molecule has 0 amide bonds. The second kappa shape index (κ2) is 14.3. The molecule has 1 aliphatic heterocycles. The van der Waals surface area contributed by atoms with Gasteiger partial charge in [-0.3, -0.25) is 0 Å². The van der Waals surface area contributed by atoms with Crippen LogP contribution in [0.2, 0.25) is 15.1 Å². The molecule has 0 saturated carbocycles. The van der Waals surface area contributed by atoms with E-state index in [0.717, 1.165) is 22.3 Å². The standard InChI is InChI=1S/C33H31Cl3O7/c34-22-8-11-24(27(36)17-22)25-3-1-2-4-28(25)42-14-13-41-23-9-5-19(6-10-23)15-21-16-20(7-12-26(21)35)33-32(40)31(39)30(38)29(18-37)43-33/h1-12,16-17,29-33,37-40H,13-15,18H2/t29-,30-,31+,32-,33+/m1/s1. The predicted molar refractivity (Wildman–Crippen MR) is 166 cm³/mol. The van der Waals surface area contributed by atoms with Crippen LogP contribution in [0.4, 0.5) is 0 Å². The van der Waals surface area contributed by atoms with Gasteiger partial charge in [0.05, 0.1) is 11.6 Å². The molecule has 0 aromatic heterocycles. The summed E-state index contributed by atoms with van der Waals surface area (Å²) in [4.78, 5) is 0. The highest BCUT2D eigenvalue weighted by atomic mass is 35.5. The molecule has 1 heterocycles. The molecule has 0 radical (unpaired) electrons. The molecule has 5 rings (SSSR count). The topological polar surface area (TPSA) is 109 Å². The van der Waals surface area contributed by atoms with Crippen molar-refractivity contribution in [2.45, 2.75) is 36.9 Å². The van der Waals surface area contributed by atoms with Gasteiger partial charge >= 0.3 is 0 Å². The molecule has 1 fully saturated rings. The number of rotatable bonds is 10. The lowest BCUT2D eigenvalue weighted by atomic mass is 9.90. The molecule has 5 atom stereocenters. The van der Waals surface area contributed by atoms with Gasteiger partial charge in [-0.1, -0.05) is 83.3 Å². The van der Waals surface area contributed by atoms with Crippen molar-refractivity contribution in [3.8, 4) is 22.6 Å². The zero-order chi connectivity index (χ0) is 30.5. The highest BCUT2D eigenvalue weighted by molar-refractivity contribution is 6.36. The number of benzene rings is 4. The molecular weight excluding hydrogens is 615 g/mol. The van der Waals surface area contributed by atoms with Crippen molar-refractivity contribution in [2.75, 3.05) is 19.8 Å². The molecule has 0 unspecified atom stereocenters. The minimum atomic E-state index is -1.45. The monoisotopic (exact) mass is 644 g/mol. The predicted octanol–water partition coefficient (Wildman–Crippen LogP) is 5.88. The third-order valence-corrected chi connectivity index (χ3v) is 8.24. The van der Waals surface area contributed by atoms with E-state index in [-0.39, 0.29) is 0 Å². The van der Waals surface area contributed by atoms with Crippen molar-refractivity contribution in [3.63, 3.8) is 0 Å². The second-order valence-electron chi connectivity index (χ2n) is 10.2. The van der Waals surface area contributed by atoms with E-state index in [4.69, 9.17) is 49.0 Å². The van der Waals surface area contributed by atoms with Gasteiger partial charge in [-0.25, -0.2) is 0 Å². The second-order valence-corrected chi connectivity index (χ2v) is 11.5. The maximum absolute atomic E-state index is 10.5. The van der Waals surface area contributed by atoms with Crippen molar-refractivity contribution >= 4 is 34.8 Å². The average molecular weight is 646 g/mol. The van der Waals surface area contributed by atoms with Crippen LogP contribution < -0.4 is 9.47 Å². The van der Waals surface area contributed by atoms with Crippen molar-refractivity contribution in [2.24, 2.45) is 0 Å². The lowest BCUT2D eigenvalue weighted by Crippen LogP contribution is -2.55. The third kappa shape index (κ3) is 7.45. The highest BCUT2D eigenvalue weighted by Gasteiger charge is 2.44. The minimum Gasteiger partial charge on any atom is -0.490 e. The maximum atomic E-state index is 10.5. The van der Waals surface area contributed by atoms with Crippen LogP contribution in [0.15, 0.2) is 84.9 Å². The molecule has 0 aliphatic carbocycles. The lowest BCUT2D eigenvalue weighted by molar-refractivity contribution is -0.231. The first-order valence-electron chi connectivity index (χ1n) is 13.7. The first-order chi connectivity index (χ1) is 20.7. The number of hydrogen-bond acceptors (Lipinski definition) is 7. The number of ether oxygens (including phenoxy) is 3. The van der Waals surface area contributed by atoms with Crippen LogP contribution in [0, 0.1) is 0 Å². The van der Waals surface area contributed by atoms with Crippen LogP contribution in [0.3, 0.4) is 0 Å². The van der Waals surface area contributed by atoms with Crippen molar-refractivity contribution in [1.82, 2.24) is 0 Å². The molecule has 0 spiro atoms. The summed E-state index contributed by atoms with van der Waals surface area (Å²) < 4.78 is 17.6. The van der Waals surface area contributed by atoms with Gasteiger partial charge in [0.1, 0.15) is 55.2 Å². The van der Waals surface area contributed by atoms with Gasteiger partial charge in [0.25, 0.3) is 0 Å². The molecule has 1 saturated heterocycles. The number of aliphatic hydroxyl groups is 4. The van der Waals surface area contributed by atoms with Gasteiger partial charge in [-0.05, 0) is 59.5 Å². The molecule has 1 aliphatic rings. The normalized spacial score (nSPS) is 21.9. The molecule has 0 bridgehead atoms. The van der Waals surface area contributed by atoms with Crippen LogP contribution in [0.25, 0.3) is 11.1 Å². The Bertz CT molecular complexity index is 1530. The molecule has 7 nitrogen and oxygen atoms in total.